The summed E-state index contributed by atoms with van der Waals surface area (Å²) in [7, 11) is 0. The molecule has 0 aliphatic rings. The van der Waals surface area contributed by atoms with Gasteiger partial charge in [-0.25, -0.2) is 8.78 Å². The number of hydrogen-bond acceptors (Lipinski definition) is 4. The molecule has 0 aliphatic carbocycles. The number of oxazole rings is 1. The summed E-state index contributed by atoms with van der Waals surface area (Å²) in [5.41, 5.74) is -1.33. The molecule has 3 rings (SSSR count). The summed E-state index contributed by atoms with van der Waals surface area (Å²) in [5.74, 6) is -2.65. The van der Waals surface area contributed by atoms with E-state index in [1.807, 2.05) is 0 Å². The van der Waals surface area contributed by atoms with Crippen molar-refractivity contribution in [3.8, 4) is 11.8 Å². The van der Waals surface area contributed by atoms with E-state index >= 15 is 0 Å². The molecule has 0 radical (unpaired) electrons. The Hall–Kier alpha value is -3.14. The van der Waals surface area contributed by atoms with E-state index in [1.165, 1.54) is 19.9 Å². The molecule has 1 aromatic heterocycles. The van der Waals surface area contributed by atoms with Gasteiger partial charge in [0, 0.05) is 5.56 Å². The molecule has 0 saturated heterocycles. The van der Waals surface area contributed by atoms with Crippen molar-refractivity contribution in [2.75, 3.05) is 0 Å². The number of alkyl halides is 3. The third kappa shape index (κ3) is 4.96. The fourth-order valence-corrected chi connectivity index (χ4v) is 2.85. The molecule has 0 unspecified atom stereocenters. The SMILES string of the molecule is Cc1c(F)cc([C@@H](C)NC(=O)c2coc(Oc3cccc(C(F)(F)F)c3Cl)n2)cc1F. The molecule has 0 bridgehead atoms. The van der Waals surface area contributed by atoms with Gasteiger partial charge in [0.15, 0.2) is 11.4 Å². The monoisotopic (exact) mass is 460 g/mol. The largest absolute Gasteiger partial charge is 0.417 e. The van der Waals surface area contributed by atoms with Crippen molar-refractivity contribution >= 4 is 17.5 Å². The van der Waals surface area contributed by atoms with Crippen LogP contribution in [0.4, 0.5) is 22.0 Å². The van der Waals surface area contributed by atoms with Crippen molar-refractivity contribution in [2.24, 2.45) is 0 Å². The number of carbonyl (C=O) groups excluding carboxylic acids is 1. The first-order chi connectivity index (χ1) is 14.5. The quantitative estimate of drug-likeness (QED) is 0.459. The minimum absolute atomic E-state index is 0.145. The zero-order valence-electron chi connectivity index (χ0n) is 16.0. The lowest BCUT2D eigenvalue weighted by molar-refractivity contribution is -0.137. The summed E-state index contributed by atoms with van der Waals surface area (Å²) in [5, 5.41) is 1.78. The zero-order valence-corrected chi connectivity index (χ0v) is 16.7. The average Bonchev–Trinajstić information content (AvgIpc) is 3.15. The lowest BCUT2D eigenvalue weighted by atomic mass is 10.1. The standard InChI is InChI=1S/C20H14ClF5N2O3/c1-9-13(22)6-11(7-14(9)23)10(2)27-18(29)15-8-30-19(28-15)31-16-5-3-4-12(17(16)21)20(24,25)26/h3-8,10H,1-2H3,(H,27,29)/t10-/m1/s1. The van der Waals surface area contributed by atoms with Crippen LogP contribution in [0.1, 0.15) is 40.1 Å². The predicted octanol–water partition coefficient (Wildman–Crippen LogP) is 6.22. The Balaban J connectivity index is 1.73. The highest BCUT2D eigenvalue weighted by Gasteiger charge is 2.34. The number of aromatic nitrogens is 1. The third-order valence-electron chi connectivity index (χ3n) is 4.33. The smallest absolute Gasteiger partial charge is 0.416 e. The zero-order chi connectivity index (χ0) is 22.9. The molecule has 0 aliphatic heterocycles. The lowest BCUT2D eigenvalue weighted by Gasteiger charge is -2.14. The van der Waals surface area contributed by atoms with E-state index in [4.69, 9.17) is 20.8 Å². The van der Waals surface area contributed by atoms with E-state index in [2.05, 4.69) is 10.3 Å². The van der Waals surface area contributed by atoms with Gasteiger partial charge < -0.3 is 14.5 Å². The fraction of sp³-hybridized carbons (Fsp3) is 0.200. The van der Waals surface area contributed by atoms with Gasteiger partial charge in [0.25, 0.3) is 5.91 Å². The van der Waals surface area contributed by atoms with Gasteiger partial charge in [-0.3, -0.25) is 4.79 Å². The Morgan fingerprint density at radius 2 is 1.87 bits per heavy atom. The lowest BCUT2D eigenvalue weighted by Crippen LogP contribution is -2.27. The Morgan fingerprint density at radius 3 is 2.48 bits per heavy atom. The van der Waals surface area contributed by atoms with Crippen LogP contribution < -0.4 is 10.1 Å². The van der Waals surface area contributed by atoms with E-state index in [1.54, 1.807) is 0 Å². The second-order valence-corrected chi connectivity index (χ2v) is 6.90. The highest BCUT2D eigenvalue weighted by atomic mass is 35.5. The van der Waals surface area contributed by atoms with Gasteiger partial charge in [0.1, 0.15) is 17.9 Å². The summed E-state index contributed by atoms with van der Waals surface area (Å²) in [4.78, 5) is 16.1. The maximum absolute atomic E-state index is 13.7. The van der Waals surface area contributed by atoms with Crippen LogP contribution in [0.5, 0.6) is 11.8 Å². The van der Waals surface area contributed by atoms with Crippen LogP contribution >= 0.6 is 11.6 Å². The first kappa shape index (κ1) is 22.5. The summed E-state index contributed by atoms with van der Waals surface area (Å²) in [6.07, 6.45) is -4.30. The maximum atomic E-state index is 13.7. The minimum atomic E-state index is -4.69. The molecule has 1 amide bonds. The maximum Gasteiger partial charge on any atom is 0.417 e. The van der Waals surface area contributed by atoms with Crippen LogP contribution in [-0.2, 0) is 6.18 Å². The molecule has 1 heterocycles. The van der Waals surface area contributed by atoms with E-state index in [0.717, 1.165) is 30.5 Å². The molecule has 0 fully saturated rings. The second kappa shape index (κ2) is 8.54. The van der Waals surface area contributed by atoms with Gasteiger partial charge in [-0.2, -0.15) is 18.2 Å². The molecule has 0 spiro atoms. The molecule has 1 atom stereocenters. The number of halogens is 6. The fourth-order valence-electron chi connectivity index (χ4n) is 2.58. The number of rotatable bonds is 5. The van der Waals surface area contributed by atoms with E-state index in [0.29, 0.717) is 0 Å². The number of ether oxygens (including phenoxy) is 1. The normalized spacial score (nSPS) is 12.5. The van der Waals surface area contributed by atoms with E-state index < -0.39 is 46.4 Å². The molecule has 11 heteroatoms. The minimum Gasteiger partial charge on any atom is -0.416 e. The van der Waals surface area contributed by atoms with Gasteiger partial charge >= 0.3 is 12.3 Å². The number of amides is 1. The van der Waals surface area contributed by atoms with Crippen molar-refractivity contribution < 1.29 is 35.9 Å². The van der Waals surface area contributed by atoms with Gasteiger partial charge in [0.05, 0.1) is 16.6 Å². The van der Waals surface area contributed by atoms with Gasteiger partial charge in [-0.15, -0.1) is 0 Å². The third-order valence-corrected chi connectivity index (χ3v) is 4.72. The summed E-state index contributed by atoms with van der Waals surface area (Å²) in [6.45, 7) is 2.78. The first-order valence-corrected chi connectivity index (χ1v) is 9.10. The molecule has 1 N–H and O–H groups in total. The number of nitrogens with zero attached hydrogens (tertiary/aromatic N) is 1. The number of benzene rings is 2. The van der Waals surface area contributed by atoms with Crippen molar-refractivity contribution in [1.82, 2.24) is 10.3 Å². The van der Waals surface area contributed by atoms with Gasteiger partial charge in [-0.1, -0.05) is 17.7 Å². The number of hydrogen-bond donors (Lipinski definition) is 1. The topological polar surface area (TPSA) is 64.4 Å². The molecular weight excluding hydrogens is 447 g/mol. The molecule has 31 heavy (non-hydrogen) atoms. The van der Waals surface area contributed by atoms with E-state index in [9.17, 15) is 26.7 Å². The van der Waals surface area contributed by atoms with Crippen molar-refractivity contribution in [3.05, 3.63) is 75.6 Å². The summed E-state index contributed by atoms with van der Waals surface area (Å²) >= 11 is 5.73. The van der Waals surface area contributed by atoms with Gasteiger partial charge in [-0.05, 0) is 43.7 Å². The predicted molar refractivity (Wildman–Crippen MR) is 100 cm³/mol. The second-order valence-electron chi connectivity index (χ2n) is 6.52. The Kier molecular flexibility index (Phi) is 6.21. The van der Waals surface area contributed by atoms with Crippen LogP contribution in [-0.4, -0.2) is 10.9 Å². The van der Waals surface area contributed by atoms with Crippen LogP contribution in [0, 0.1) is 18.6 Å². The van der Waals surface area contributed by atoms with Crippen LogP contribution in [0.3, 0.4) is 0 Å². The van der Waals surface area contributed by atoms with Crippen LogP contribution in [0.25, 0.3) is 0 Å². The molecule has 5 nitrogen and oxygen atoms in total. The Bertz CT molecular complexity index is 1110. The summed E-state index contributed by atoms with van der Waals surface area (Å²) < 4.78 is 76.3. The van der Waals surface area contributed by atoms with Crippen molar-refractivity contribution in [1.29, 1.82) is 0 Å². The van der Waals surface area contributed by atoms with Gasteiger partial charge in [0.2, 0.25) is 0 Å². The average molecular weight is 461 g/mol. The summed E-state index contributed by atoms with van der Waals surface area (Å²) in [6, 6.07) is 4.44. The highest BCUT2D eigenvalue weighted by Crippen LogP contribution is 2.40. The van der Waals surface area contributed by atoms with Crippen LogP contribution in [0.15, 0.2) is 41.0 Å². The van der Waals surface area contributed by atoms with Crippen molar-refractivity contribution in [3.63, 3.8) is 0 Å². The van der Waals surface area contributed by atoms with E-state index in [-0.39, 0.29) is 22.6 Å². The van der Waals surface area contributed by atoms with Crippen molar-refractivity contribution in [2.45, 2.75) is 26.1 Å². The van der Waals surface area contributed by atoms with Crippen LogP contribution in [0.2, 0.25) is 5.02 Å². The molecule has 164 valence electrons. The Labute approximate surface area is 177 Å². The first-order valence-electron chi connectivity index (χ1n) is 8.73. The molecular formula is C20H14ClF5N2O3. The number of nitrogens with one attached hydrogen (secondary N) is 1. The highest BCUT2D eigenvalue weighted by molar-refractivity contribution is 6.32. The molecule has 3 aromatic rings. The molecule has 0 saturated carbocycles. The number of carbonyl (C=O) groups is 1. The Morgan fingerprint density at radius 1 is 1.23 bits per heavy atom. The molecule has 2 aromatic carbocycles.